The fourth-order valence-electron chi connectivity index (χ4n) is 6.36. The third kappa shape index (κ3) is 3.85. The molecule has 196 valence electrons. The number of nitrogens with one attached hydrogen (secondary N) is 1. The molecule has 2 N–H and O–H groups in total. The molecule has 4 aromatic rings. The Morgan fingerprint density at radius 3 is 2.71 bits per heavy atom. The van der Waals surface area contributed by atoms with E-state index in [4.69, 9.17) is 21.3 Å². The van der Waals surface area contributed by atoms with Gasteiger partial charge < -0.3 is 25.0 Å². The molecule has 0 spiro atoms. The molecule has 3 saturated heterocycles. The number of phenols is 1. The van der Waals surface area contributed by atoms with Gasteiger partial charge in [-0.2, -0.15) is 9.97 Å². The van der Waals surface area contributed by atoms with Crippen LogP contribution in [-0.2, 0) is 0 Å². The van der Waals surface area contributed by atoms with E-state index in [2.05, 4.69) is 27.1 Å². The number of ether oxygens (including phenoxy) is 1. The average molecular weight is 534 g/mol. The van der Waals surface area contributed by atoms with Crippen LogP contribution in [0.2, 0.25) is 5.02 Å². The van der Waals surface area contributed by atoms with E-state index < -0.39 is 5.82 Å². The Bertz CT molecular complexity index is 1550. The maximum absolute atomic E-state index is 16.6. The van der Waals surface area contributed by atoms with Gasteiger partial charge in [-0.25, -0.2) is 4.39 Å². The molecule has 3 aliphatic heterocycles. The van der Waals surface area contributed by atoms with Crippen LogP contribution >= 0.6 is 11.6 Å². The molecule has 0 saturated carbocycles. The third-order valence-electron chi connectivity index (χ3n) is 8.37. The number of phenolic OH excluding ortho intramolecular Hbond substituents is 1. The Hall–Kier alpha value is -3.20. The van der Waals surface area contributed by atoms with Crippen LogP contribution in [-0.4, -0.2) is 71.4 Å². The van der Waals surface area contributed by atoms with Gasteiger partial charge in [0, 0.05) is 42.2 Å². The van der Waals surface area contributed by atoms with E-state index in [1.807, 2.05) is 24.3 Å². The summed E-state index contributed by atoms with van der Waals surface area (Å²) in [5.41, 5.74) is 0.905. The summed E-state index contributed by atoms with van der Waals surface area (Å²) < 4.78 is 22.7. The number of benzene rings is 3. The summed E-state index contributed by atoms with van der Waals surface area (Å²) in [5, 5.41) is 16.3. The van der Waals surface area contributed by atoms with Gasteiger partial charge in [0.15, 0.2) is 5.82 Å². The van der Waals surface area contributed by atoms with Gasteiger partial charge in [-0.05, 0) is 67.4 Å². The fraction of sp³-hybridized carbons (Fsp3) is 0.379. The van der Waals surface area contributed by atoms with Crippen LogP contribution in [0.1, 0.15) is 19.3 Å². The highest BCUT2D eigenvalue weighted by Gasteiger charge is 2.43. The molecule has 0 unspecified atom stereocenters. The van der Waals surface area contributed by atoms with Gasteiger partial charge in [-0.15, -0.1) is 0 Å². The molecule has 0 radical (unpaired) electrons. The molecule has 1 aromatic heterocycles. The van der Waals surface area contributed by atoms with Crippen LogP contribution in [0.15, 0.2) is 42.5 Å². The second-order valence-electron chi connectivity index (χ2n) is 10.7. The van der Waals surface area contributed by atoms with E-state index in [9.17, 15) is 5.11 Å². The lowest BCUT2D eigenvalue weighted by molar-refractivity contribution is 0.187. The molecule has 2 bridgehead atoms. The van der Waals surface area contributed by atoms with Crippen molar-refractivity contribution < 1.29 is 14.2 Å². The van der Waals surface area contributed by atoms with Gasteiger partial charge in [0.1, 0.15) is 23.7 Å². The zero-order valence-electron chi connectivity index (χ0n) is 21.1. The van der Waals surface area contributed by atoms with Crippen molar-refractivity contribution in [3.63, 3.8) is 0 Å². The largest absolute Gasteiger partial charge is 0.508 e. The number of hydrogen-bond donors (Lipinski definition) is 2. The molecule has 38 heavy (non-hydrogen) atoms. The minimum atomic E-state index is -0.543. The van der Waals surface area contributed by atoms with Crippen molar-refractivity contribution in [2.75, 3.05) is 38.2 Å². The van der Waals surface area contributed by atoms with Crippen molar-refractivity contribution >= 4 is 39.1 Å². The number of aromatic nitrogens is 2. The van der Waals surface area contributed by atoms with Crippen molar-refractivity contribution in [3.05, 3.63) is 53.3 Å². The molecule has 3 aliphatic rings. The summed E-state index contributed by atoms with van der Waals surface area (Å²) in [5.74, 6) is 0.169. The molecule has 0 amide bonds. The number of aromatic hydroxyl groups is 1. The average Bonchev–Trinajstić information content (AvgIpc) is 3.32. The Labute approximate surface area is 225 Å². The first-order valence-corrected chi connectivity index (χ1v) is 13.6. The van der Waals surface area contributed by atoms with Crippen molar-refractivity contribution in [1.29, 1.82) is 0 Å². The lowest BCUT2D eigenvalue weighted by Crippen LogP contribution is -2.68. The van der Waals surface area contributed by atoms with Gasteiger partial charge >= 0.3 is 6.01 Å². The Balaban J connectivity index is 1.40. The molecule has 9 heteroatoms. The number of piperidine rings is 1. The van der Waals surface area contributed by atoms with Gasteiger partial charge in [0.05, 0.1) is 5.02 Å². The number of fused-ring (bicyclic) bond motifs is 4. The summed E-state index contributed by atoms with van der Waals surface area (Å²) in [6, 6.07) is 13.6. The van der Waals surface area contributed by atoms with Gasteiger partial charge in [0.25, 0.3) is 0 Å². The first-order valence-electron chi connectivity index (χ1n) is 13.2. The van der Waals surface area contributed by atoms with E-state index in [1.165, 1.54) is 0 Å². The number of likely N-dealkylation sites (N-methyl/N-ethyl adjacent to an activating group) is 1. The van der Waals surface area contributed by atoms with E-state index in [-0.39, 0.29) is 46.0 Å². The third-order valence-corrected chi connectivity index (χ3v) is 8.67. The lowest BCUT2D eigenvalue weighted by atomic mass is 9.88. The smallest absolute Gasteiger partial charge is 0.319 e. The van der Waals surface area contributed by atoms with Crippen molar-refractivity contribution in [3.8, 4) is 22.9 Å². The Morgan fingerprint density at radius 2 is 1.95 bits per heavy atom. The van der Waals surface area contributed by atoms with Crippen molar-refractivity contribution in [2.45, 2.75) is 37.4 Å². The van der Waals surface area contributed by atoms with Gasteiger partial charge in [0.2, 0.25) is 0 Å². The van der Waals surface area contributed by atoms with E-state index in [1.54, 1.807) is 18.2 Å². The number of halogens is 2. The second kappa shape index (κ2) is 9.22. The van der Waals surface area contributed by atoms with Crippen LogP contribution in [0, 0.1) is 5.82 Å². The zero-order chi connectivity index (χ0) is 26.0. The molecule has 3 atom stereocenters. The molecular weight excluding hydrogens is 505 g/mol. The number of nitrogens with zero attached hydrogens (tertiary/aromatic N) is 4. The van der Waals surface area contributed by atoms with Crippen LogP contribution in [0.3, 0.4) is 0 Å². The Morgan fingerprint density at radius 1 is 1.13 bits per heavy atom. The van der Waals surface area contributed by atoms with Crippen LogP contribution in [0.25, 0.3) is 32.8 Å². The summed E-state index contributed by atoms with van der Waals surface area (Å²) in [6.07, 6.45) is 3.26. The number of hydrogen-bond acceptors (Lipinski definition) is 7. The number of rotatable bonds is 5. The van der Waals surface area contributed by atoms with Crippen molar-refractivity contribution in [1.82, 2.24) is 20.2 Å². The summed E-state index contributed by atoms with van der Waals surface area (Å²) in [4.78, 5) is 14.0. The Kier molecular flexibility index (Phi) is 5.80. The highest BCUT2D eigenvalue weighted by molar-refractivity contribution is 6.35. The van der Waals surface area contributed by atoms with Crippen LogP contribution in [0.5, 0.6) is 11.8 Å². The topological polar surface area (TPSA) is 73.8 Å². The highest BCUT2D eigenvalue weighted by Crippen LogP contribution is 2.44. The van der Waals surface area contributed by atoms with Gasteiger partial charge in [-0.3, -0.25) is 0 Å². The summed E-state index contributed by atoms with van der Waals surface area (Å²) in [7, 11) is 2.09. The fourth-order valence-corrected chi connectivity index (χ4v) is 6.65. The molecule has 7 nitrogen and oxygen atoms in total. The standard InChI is InChI=1S/C29H29ClFN5O2/c1-35-8-4-6-17(35)15-38-29-33-27-23(28(34-29)36-18-10-19(36)14-32-13-18)12-24(30)25(26(27)31)22-11-20(37)9-16-5-2-3-7-21(16)22/h2-3,5,7,9,11-12,17-19,32,37H,4,6,8,10,13-15H2,1H3/t17-,18-,19-/m0/s1. The van der Waals surface area contributed by atoms with Crippen LogP contribution in [0.4, 0.5) is 10.2 Å². The maximum atomic E-state index is 16.6. The molecule has 3 aromatic carbocycles. The van der Waals surface area contributed by atoms with E-state index in [0.717, 1.165) is 49.7 Å². The first-order chi connectivity index (χ1) is 18.5. The van der Waals surface area contributed by atoms with Crippen molar-refractivity contribution in [2.24, 2.45) is 0 Å². The molecule has 3 fully saturated rings. The summed E-state index contributed by atoms with van der Waals surface area (Å²) >= 11 is 6.81. The zero-order valence-corrected chi connectivity index (χ0v) is 21.9. The van der Waals surface area contributed by atoms with Crippen LogP contribution < -0.4 is 15.0 Å². The SMILES string of the molecule is CN1CCC[C@H]1COc1nc(N2[C@@H]3CNC[C@@H]2C3)c2cc(Cl)c(-c3cc(O)cc4ccccc34)c(F)c2n1. The minimum Gasteiger partial charge on any atom is -0.508 e. The van der Waals surface area contributed by atoms with E-state index in [0.29, 0.717) is 23.4 Å². The molecule has 4 heterocycles. The molecular formula is C29H29ClFN5O2. The normalized spacial score (nSPS) is 23.2. The number of likely N-dealkylation sites (tertiary alicyclic amines) is 1. The quantitative estimate of drug-likeness (QED) is 0.375. The summed E-state index contributed by atoms with van der Waals surface area (Å²) in [6.45, 7) is 3.20. The first kappa shape index (κ1) is 23.9. The molecule has 0 aliphatic carbocycles. The molecule has 7 rings (SSSR count). The predicted octanol–water partition coefficient (Wildman–Crippen LogP) is 4.97. The van der Waals surface area contributed by atoms with E-state index >= 15 is 4.39 Å². The monoisotopic (exact) mass is 533 g/mol. The lowest BCUT2D eigenvalue weighted by Gasteiger charge is -2.54. The number of anilines is 1. The highest BCUT2D eigenvalue weighted by atomic mass is 35.5. The second-order valence-corrected chi connectivity index (χ2v) is 11.1. The minimum absolute atomic E-state index is 0.0447. The number of piperazine rings is 1. The predicted molar refractivity (Wildman–Crippen MR) is 148 cm³/mol. The van der Waals surface area contributed by atoms with Gasteiger partial charge in [-0.1, -0.05) is 35.9 Å². The maximum Gasteiger partial charge on any atom is 0.319 e.